The molecule has 0 aromatic carbocycles. The zero-order valence-electron chi connectivity index (χ0n) is 7.50. The Hall–Kier alpha value is -0.590. The summed E-state index contributed by atoms with van der Waals surface area (Å²) in [4.78, 5) is 2.41. The van der Waals surface area contributed by atoms with E-state index in [0.717, 1.165) is 19.5 Å². The van der Waals surface area contributed by atoms with E-state index in [4.69, 9.17) is 11.0 Å². The van der Waals surface area contributed by atoms with Gasteiger partial charge in [-0.3, -0.25) is 4.90 Å². The standard InChI is InChI=1S/C9H17N3/c10-5-1-2-6-12-7-3-4-9(12)8-11/h9H,1-4,6-8,11H2. The van der Waals surface area contributed by atoms with Crippen molar-refractivity contribution in [2.24, 2.45) is 5.73 Å². The first-order valence-electron chi connectivity index (χ1n) is 4.69. The molecular weight excluding hydrogens is 150 g/mol. The molecule has 0 radical (unpaired) electrons. The van der Waals surface area contributed by atoms with Crippen molar-refractivity contribution in [2.45, 2.75) is 31.7 Å². The van der Waals surface area contributed by atoms with Crippen molar-refractivity contribution in [1.29, 1.82) is 5.26 Å². The molecule has 0 saturated carbocycles. The predicted octanol–water partition coefficient (Wildman–Crippen LogP) is 0.713. The van der Waals surface area contributed by atoms with Gasteiger partial charge < -0.3 is 5.73 Å². The normalized spacial score (nSPS) is 24.2. The minimum Gasteiger partial charge on any atom is -0.329 e. The first-order valence-corrected chi connectivity index (χ1v) is 4.69. The highest BCUT2D eigenvalue weighted by molar-refractivity contribution is 4.80. The molecule has 0 aromatic rings. The van der Waals surface area contributed by atoms with Crippen molar-refractivity contribution in [1.82, 2.24) is 4.90 Å². The molecule has 68 valence electrons. The minimum atomic E-state index is 0.587. The van der Waals surface area contributed by atoms with Crippen LogP contribution in [0.25, 0.3) is 0 Å². The second-order valence-corrected chi connectivity index (χ2v) is 3.33. The van der Waals surface area contributed by atoms with Crippen LogP contribution in [0, 0.1) is 11.3 Å². The van der Waals surface area contributed by atoms with Crippen molar-refractivity contribution < 1.29 is 0 Å². The molecule has 12 heavy (non-hydrogen) atoms. The van der Waals surface area contributed by atoms with E-state index in [2.05, 4.69) is 11.0 Å². The summed E-state index contributed by atoms with van der Waals surface area (Å²) in [7, 11) is 0. The van der Waals surface area contributed by atoms with Crippen LogP contribution in [0.4, 0.5) is 0 Å². The van der Waals surface area contributed by atoms with Crippen molar-refractivity contribution >= 4 is 0 Å². The predicted molar refractivity (Wildman–Crippen MR) is 48.5 cm³/mol. The molecular formula is C9H17N3. The monoisotopic (exact) mass is 167 g/mol. The van der Waals surface area contributed by atoms with Crippen LogP contribution in [0.5, 0.6) is 0 Å². The SMILES string of the molecule is N#CCCCN1CCCC1CN. The molecule has 0 aromatic heterocycles. The lowest BCUT2D eigenvalue weighted by Crippen LogP contribution is -2.35. The van der Waals surface area contributed by atoms with E-state index in [-0.39, 0.29) is 0 Å². The molecule has 0 amide bonds. The fourth-order valence-electron chi connectivity index (χ4n) is 1.82. The van der Waals surface area contributed by atoms with Gasteiger partial charge in [-0.25, -0.2) is 0 Å². The van der Waals surface area contributed by atoms with E-state index in [1.54, 1.807) is 0 Å². The number of rotatable bonds is 4. The second kappa shape index (κ2) is 5.13. The van der Waals surface area contributed by atoms with Crippen molar-refractivity contribution in [3.63, 3.8) is 0 Å². The zero-order valence-corrected chi connectivity index (χ0v) is 7.50. The van der Waals surface area contributed by atoms with Crippen LogP contribution in [0.3, 0.4) is 0 Å². The summed E-state index contributed by atoms with van der Waals surface area (Å²) in [6.45, 7) is 3.00. The highest BCUT2D eigenvalue weighted by Gasteiger charge is 2.21. The smallest absolute Gasteiger partial charge is 0.0622 e. The molecule has 2 N–H and O–H groups in total. The molecule has 1 unspecified atom stereocenters. The summed E-state index contributed by atoms with van der Waals surface area (Å²) < 4.78 is 0. The van der Waals surface area contributed by atoms with Gasteiger partial charge >= 0.3 is 0 Å². The molecule has 3 heteroatoms. The van der Waals surface area contributed by atoms with Gasteiger partial charge in [0.2, 0.25) is 0 Å². The van der Waals surface area contributed by atoms with E-state index in [1.165, 1.54) is 19.4 Å². The number of nitrogens with zero attached hydrogens (tertiary/aromatic N) is 2. The molecule has 1 aliphatic rings. The van der Waals surface area contributed by atoms with Gasteiger partial charge in [0.25, 0.3) is 0 Å². The molecule has 1 fully saturated rings. The zero-order chi connectivity index (χ0) is 8.81. The van der Waals surface area contributed by atoms with Crippen LogP contribution in [-0.2, 0) is 0 Å². The molecule has 1 atom stereocenters. The van der Waals surface area contributed by atoms with E-state index >= 15 is 0 Å². The second-order valence-electron chi connectivity index (χ2n) is 3.33. The van der Waals surface area contributed by atoms with Gasteiger partial charge in [0.15, 0.2) is 0 Å². The summed E-state index contributed by atoms with van der Waals surface area (Å²) in [6.07, 6.45) is 4.18. The summed E-state index contributed by atoms with van der Waals surface area (Å²) in [5, 5.41) is 8.37. The number of nitriles is 1. The van der Waals surface area contributed by atoms with E-state index in [1.807, 2.05) is 0 Å². The maximum absolute atomic E-state index is 8.37. The molecule has 3 nitrogen and oxygen atoms in total. The average molecular weight is 167 g/mol. The van der Waals surface area contributed by atoms with Gasteiger partial charge in [-0.05, 0) is 32.4 Å². The van der Waals surface area contributed by atoms with Crippen LogP contribution in [0.2, 0.25) is 0 Å². The fraction of sp³-hybridized carbons (Fsp3) is 0.889. The lowest BCUT2D eigenvalue weighted by molar-refractivity contribution is 0.256. The topological polar surface area (TPSA) is 53.0 Å². The van der Waals surface area contributed by atoms with E-state index < -0.39 is 0 Å². The number of nitrogens with two attached hydrogens (primary N) is 1. The number of unbranched alkanes of at least 4 members (excludes halogenated alkanes) is 1. The lowest BCUT2D eigenvalue weighted by Gasteiger charge is -2.22. The van der Waals surface area contributed by atoms with Gasteiger partial charge in [-0.2, -0.15) is 5.26 Å². The van der Waals surface area contributed by atoms with Crippen molar-refractivity contribution in [2.75, 3.05) is 19.6 Å². The number of likely N-dealkylation sites (tertiary alicyclic amines) is 1. The van der Waals surface area contributed by atoms with Gasteiger partial charge in [-0.1, -0.05) is 0 Å². The van der Waals surface area contributed by atoms with Crippen molar-refractivity contribution in [3.05, 3.63) is 0 Å². The Morgan fingerprint density at radius 1 is 1.58 bits per heavy atom. The largest absolute Gasteiger partial charge is 0.329 e. The average Bonchev–Trinajstić information content (AvgIpc) is 2.52. The Balaban J connectivity index is 2.18. The van der Waals surface area contributed by atoms with Crippen LogP contribution < -0.4 is 5.73 Å². The Labute approximate surface area is 74.1 Å². The molecule has 1 heterocycles. The molecule has 1 rings (SSSR count). The van der Waals surface area contributed by atoms with Gasteiger partial charge in [0.1, 0.15) is 0 Å². The van der Waals surface area contributed by atoms with Crippen LogP contribution >= 0.6 is 0 Å². The van der Waals surface area contributed by atoms with Crippen LogP contribution in [0.15, 0.2) is 0 Å². The Morgan fingerprint density at radius 3 is 3.08 bits per heavy atom. The Kier molecular flexibility index (Phi) is 4.06. The Bertz CT molecular complexity index is 162. The highest BCUT2D eigenvalue weighted by Crippen LogP contribution is 2.16. The third-order valence-corrected chi connectivity index (χ3v) is 2.51. The number of hydrogen-bond acceptors (Lipinski definition) is 3. The van der Waals surface area contributed by atoms with Crippen LogP contribution in [-0.4, -0.2) is 30.6 Å². The third kappa shape index (κ3) is 2.47. The molecule has 0 aliphatic carbocycles. The maximum atomic E-state index is 8.37. The minimum absolute atomic E-state index is 0.587. The first-order chi connectivity index (χ1) is 5.88. The molecule has 1 saturated heterocycles. The highest BCUT2D eigenvalue weighted by atomic mass is 15.2. The van der Waals surface area contributed by atoms with E-state index in [9.17, 15) is 0 Å². The summed E-state index contributed by atoms with van der Waals surface area (Å²) in [5.41, 5.74) is 5.62. The van der Waals surface area contributed by atoms with E-state index in [0.29, 0.717) is 12.5 Å². The summed E-state index contributed by atoms with van der Waals surface area (Å²) in [5.74, 6) is 0. The number of hydrogen-bond donors (Lipinski definition) is 1. The maximum Gasteiger partial charge on any atom is 0.0622 e. The molecule has 0 bridgehead atoms. The molecule has 1 aliphatic heterocycles. The third-order valence-electron chi connectivity index (χ3n) is 2.51. The van der Waals surface area contributed by atoms with Gasteiger partial charge in [0.05, 0.1) is 6.07 Å². The summed E-state index contributed by atoms with van der Waals surface area (Å²) >= 11 is 0. The van der Waals surface area contributed by atoms with Crippen LogP contribution in [0.1, 0.15) is 25.7 Å². The first kappa shape index (κ1) is 9.50. The lowest BCUT2D eigenvalue weighted by atomic mass is 10.2. The fourth-order valence-corrected chi connectivity index (χ4v) is 1.82. The molecule has 0 spiro atoms. The quantitative estimate of drug-likeness (QED) is 0.627. The Morgan fingerprint density at radius 2 is 2.42 bits per heavy atom. The summed E-state index contributed by atoms with van der Waals surface area (Å²) in [6, 6.07) is 2.75. The van der Waals surface area contributed by atoms with Gasteiger partial charge in [-0.15, -0.1) is 0 Å². The van der Waals surface area contributed by atoms with Crippen molar-refractivity contribution in [3.8, 4) is 6.07 Å². The van der Waals surface area contributed by atoms with Gasteiger partial charge in [0, 0.05) is 19.0 Å².